The summed E-state index contributed by atoms with van der Waals surface area (Å²) >= 11 is 0. The van der Waals surface area contributed by atoms with E-state index < -0.39 is 0 Å². The van der Waals surface area contributed by atoms with E-state index in [0.717, 1.165) is 29.9 Å². The van der Waals surface area contributed by atoms with E-state index in [1.54, 1.807) is 0 Å². The molecule has 0 bridgehead atoms. The predicted molar refractivity (Wildman–Crippen MR) is 132 cm³/mol. The third kappa shape index (κ3) is 3.33. The fourth-order valence-electron chi connectivity index (χ4n) is 4.70. The van der Waals surface area contributed by atoms with Crippen LogP contribution < -0.4 is 0 Å². The minimum atomic E-state index is 0.904. The van der Waals surface area contributed by atoms with Crippen molar-refractivity contribution in [1.29, 1.82) is 0 Å². The van der Waals surface area contributed by atoms with Crippen molar-refractivity contribution in [3.8, 4) is 44.9 Å². The van der Waals surface area contributed by atoms with Gasteiger partial charge < -0.3 is 0 Å². The van der Waals surface area contributed by atoms with Gasteiger partial charge in [-0.3, -0.25) is 0 Å². The monoisotopic (exact) mass is 411 g/mol. The second-order valence-corrected chi connectivity index (χ2v) is 8.30. The number of aryl methyl sites for hydroxylation is 1. The Hall–Kier alpha value is -3.97. The van der Waals surface area contributed by atoms with Gasteiger partial charge >= 0.3 is 11.5 Å². The molecular formula is C31H23O+. The van der Waals surface area contributed by atoms with Crippen LogP contribution in [0.15, 0.2) is 120 Å². The smallest absolute Gasteiger partial charge is 0.206 e. The summed E-state index contributed by atoms with van der Waals surface area (Å²) in [6.45, 7) is 0. The van der Waals surface area contributed by atoms with Crippen molar-refractivity contribution < 1.29 is 4.42 Å². The van der Waals surface area contributed by atoms with Crippen molar-refractivity contribution in [2.75, 3.05) is 0 Å². The van der Waals surface area contributed by atoms with Gasteiger partial charge in [0.2, 0.25) is 0 Å². The largest absolute Gasteiger partial charge is 0.364 e. The van der Waals surface area contributed by atoms with Crippen LogP contribution in [0.4, 0.5) is 0 Å². The molecule has 0 radical (unpaired) electrons. The summed E-state index contributed by atoms with van der Waals surface area (Å²) in [4.78, 5) is 0. The van der Waals surface area contributed by atoms with Gasteiger partial charge in [0.25, 0.3) is 0 Å². The lowest BCUT2D eigenvalue weighted by Crippen LogP contribution is -2.06. The van der Waals surface area contributed by atoms with Crippen molar-refractivity contribution in [2.24, 2.45) is 0 Å². The summed E-state index contributed by atoms with van der Waals surface area (Å²) in [5.41, 5.74) is 9.91. The van der Waals surface area contributed by atoms with E-state index in [4.69, 9.17) is 4.42 Å². The molecule has 1 nitrogen and oxygen atoms in total. The lowest BCUT2D eigenvalue weighted by molar-refractivity contribution is 0.569. The van der Waals surface area contributed by atoms with Crippen molar-refractivity contribution in [1.82, 2.24) is 0 Å². The van der Waals surface area contributed by atoms with Crippen molar-refractivity contribution in [3.05, 3.63) is 126 Å². The zero-order valence-corrected chi connectivity index (χ0v) is 17.8. The lowest BCUT2D eigenvalue weighted by Gasteiger charge is -2.17. The fourth-order valence-corrected chi connectivity index (χ4v) is 4.70. The van der Waals surface area contributed by atoms with Gasteiger partial charge in [-0.25, -0.2) is 4.42 Å². The molecule has 0 amide bonds. The van der Waals surface area contributed by atoms with Gasteiger partial charge in [-0.05, 0) is 53.3 Å². The SMILES string of the molecule is c1ccc(-c2ccc3c(c2)-c2[o+]c(-c4ccccc4)cc(-c4ccccc4)c2CC3)cc1. The first kappa shape index (κ1) is 18.8. The Kier molecular flexibility index (Phi) is 4.66. The van der Waals surface area contributed by atoms with Gasteiger partial charge in [0, 0.05) is 5.56 Å². The molecule has 4 aromatic carbocycles. The topological polar surface area (TPSA) is 11.3 Å². The number of benzene rings is 4. The Labute approximate surface area is 188 Å². The first-order valence-electron chi connectivity index (χ1n) is 11.2. The highest BCUT2D eigenvalue weighted by atomic mass is 16.3. The van der Waals surface area contributed by atoms with E-state index >= 15 is 0 Å². The second kappa shape index (κ2) is 7.94. The van der Waals surface area contributed by atoms with Crippen LogP contribution in [0.2, 0.25) is 0 Å². The van der Waals surface area contributed by atoms with E-state index in [1.807, 2.05) is 6.07 Å². The summed E-state index contributed by atoms with van der Waals surface area (Å²) in [5.74, 6) is 1.91. The first-order chi connectivity index (χ1) is 15.9. The molecule has 1 heteroatoms. The summed E-state index contributed by atoms with van der Waals surface area (Å²) in [7, 11) is 0. The molecule has 0 N–H and O–H groups in total. The van der Waals surface area contributed by atoms with Crippen molar-refractivity contribution in [3.63, 3.8) is 0 Å². The molecule has 0 unspecified atom stereocenters. The number of hydrogen-bond acceptors (Lipinski definition) is 0. The molecule has 1 heterocycles. The molecule has 1 aromatic heterocycles. The van der Waals surface area contributed by atoms with Crippen LogP contribution in [-0.2, 0) is 12.8 Å². The highest BCUT2D eigenvalue weighted by molar-refractivity contribution is 5.83. The number of hydrogen-bond donors (Lipinski definition) is 0. The van der Waals surface area contributed by atoms with Gasteiger partial charge in [-0.15, -0.1) is 0 Å². The average Bonchev–Trinajstić information content (AvgIpc) is 2.89. The average molecular weight is 412 g/mol. The molecule has 0 saturated carbocycles. The molecule has 0 aliphatic heterocycles. The summed E-state index contributed by atoms with van der Waals surface area (Å²) < 4.78 is 6.67. The van der Waals surface area contributed by atoms with Gasteiger partial charge in [0.05, 0.1) is 22.8 Å². The van der Waals surface area contributed by atoms with E-state index in [9.17, 15) is 0 Å². The van der Waals surface area contributed by atoms with E-state index in [-0.39, 0.29) is 0 Å². The summed E-state index contributed by atoms with van der Waals surface area (Å²) in [6.07, 6.45) is 2.01. The molecule has 5 aromatic rings. The van der Waals surface area contributed by atoms with Crippen LogP contribution in [0.25, 0.3) is 44.9 Å². The van der Waals surface area contributed by atoms with Crippen LogP contribution in [0.5, 0.6) is 0 Å². The Morgan fingerprint density at radius 3 is 1.78 bits per heavy atom. The van der Waals surface area contributed by atoms with Crippen LogP contribution in [-0.4, -0.2) is 0 Å². The molecule has 1 aliphatic carbocycles. The Balaban J connectivity index is 1.60. The summed E-state index contributed by atoms with van der Waals surface area (Å²) in [5, 5.41) is 0. The predicted octanol–water partition coefficient (Wildman–Crippen LogP) is 8.33. The minimum absolute atomic E-state index is 0.904. The molecule has 32 heavy (non-hydrogen) atoms. The van der Waals surface area contributed by atoms with Crippen LogP contribution >= 0.6 is 0 Å². The molecule has 0 fully saturated rings. The standard InChI is InChI=1S/C31H23O/c1-4-10-22(11-5-1)26-17-16-24-18-19-27-28(23-12-6-2-7-13-23)21-30(25-14-8-3-9-15-25)32-31(27)29(24)20-26/h1-17,20-21H,18-19H2/q+1. The number of rotatable bonds is 3. The van der Waals surface area contributed by atoms with Gasteiger partial charge in [0.1, 0.15) is 0 Å². The van der Waals surface area contributed by atoms with Gasteiger partial charge in [0.15, 0.2) is 0 Å². The highest BCUT2D eigenvalue weighted by Crippen LogP contribution is 2.43. The fraction of sp³-hybridized carbons (Fsp3) is 0.0645. The first-order valence-corrected chi connectivity index (χ1v) is 11.2. The maximum absolute atomic E-state index is 6.67. The van der Waals surface area contributed by atoms with E-state index in [2.05, 4.69) is 109 Å². The molecule has 0 spiro atoms. The van der Waals surface area contributed by atoms with Gasteiger partial charge in [-0.1, -0.05) is 91.0 Å². The maximum Gasteiger partial charge on any atom is 0.364 e. The summed E-state index contributed by atoms with van der Waals surface area (Å²) in [6, 6.07) is 40.7. The Morgan fingerprint density at radius 2 is 1.09 bits per heavy atom. The maximum atomic E-state index is 6.67. The van der Waals surface area contributed by atoms with Crippen LogP contribution in [0, 0.1) is 0 Å². The third-order valence-electron chi connectivity index (χ3n) is 6.34. The van der Waals surface area contributed by atoms with Crippen LogP contribution in [0.1, 0.15) is 11.1 Å². The number of fused-ring (bicyclic) bond motifs is 3. The molecule has 0 atom stereocenters. The van der Waals surface area contributed by atoms with Crippen molar-refractivity contribution in [2.45, 2.75) is 12.8 Å². The molecular weight excluding hydrogens is 388 g/mol. The van der Waals surface area contributed by atoms with Crippen molar-refractivity contribution >= 4 is 0 Å². The molecule has 1 aliphatic rings. The zero-order chi connectivity index (χ0) is 21.3. The van der Waals surface area contributed by atoms with Gasteiger partial charge in [-0.2, -0.15) is 0 Å². The zero-order valence-electron chi connectivity index (χ0n) is 17.8. The molecule has 6 rings (SSSR count). The Morgan fingerprint density at radius 1 is 0.469 bits per heavy atom. The molecule has 0 saturated heterocycles. The normalized spacial score (nSPS) is 12.1. The van der Waals surface area contributed by atoms with Crippen LogP contribution in [0.3, 0.4) is 0 Å². The second-order valence-electron chi connectivity index (χ2n) is 8.30. The van der Waals surface area contributed by atoms with E-state index in [1.165, 1.54) is 38.9 Å². The lowest BCUT2D eigenvalue weighted by atomic mass is 9.84. The Bertz CT molecular complexity index is 1390. The quantitative estimate of drug-likeness (QED) is 0.272. The third-order valence-corrected chi connectivity index (χ3v) is 6.34. The van der Waals surface area contributed by atoms with E-state index in [0.29, 0.717) is 0 Å². The molecule has 152 valence electrons. The minimum Gasteiger partial charge on any atom is -0.206 e. The highest BCUT2D eigenvalue weighted by Gasteiger charge is 2.32.